The van der Waals surface area contributed by atoms with E-state index in [-0.39, 0.29) is 24.3 Å². The number of nitrogens with zero attached hydrogens (tertiary/aromatic N) is 1. The third-order valence-corrected chi connectivity index (χ3v) is 4.39. The van der Waals surface area contributed by atoms with Crippen LogP contribution in [0.25, 0.3) is 0 Å². The molecule has 1 unspecified atom stereocenters. The van der Waals surface area contributed by atoms with Crippen LogP contribution in [0.2, 0.25) is 0 Å². The molecule has 0 aromatic heterocycles. The van der Waals surface area contributed by atoms with Crippen LogP contribution in [-0.2, 0) is 4.79 Å². The third kappa shape index (κ3) is 6.67. The summed E-state index contributed by atoms with van der Waals surface area (Å²) in [6.07, 6.45) is 1.38. The molecule has 6 nitrogen and oxygen atoms in total. The zero-order valence-electron chi connectivity index (χ0n) is 13.7. The Hall–Kier alpha value is -1.31. The molecule has 0 bridgehead atoms. The minimum Gasteiger partial charge on any atom is -0.342 e. The van der Waals surface area contributed by atoms with Gasteiger partial charge in [-0.05, 0) is 50.2 Å². The van der Waals surface area contributed by atoms with Gasteiger partial charge in [-0.3, -0.25) is 4.79 Å². The first-order chi connectivity index (χ1) is 11.1. The van der Waals surface area contributed by atoms with Crippen LogP contribution in [-0.4, -0.2) is 50.1 Å². The van der Waals surface area contributed by atoms with Crippen molar-refractivity contribution in [1.82, 2.24) is 15.5 Å². The third-order valence-electron chi connectivity index (χ3n) is 3.86. The number of hydrogen-bond donors (Lipinski definition) is 3. The lowest BCUT2D eigenvalue weighted by molar-refractivity contribution is -0.130. The van der Waals surface area contributed by atoms with Gasteiger partial charge < -0.3 is 20.9 Å². The van der Waals surface area contributed by atoms with Gasteiger partial charge >= 0.3 is 6.03 Å². The minimum absolute atomic E-state index is 0. The van der Waals surface area contributed by atoms with Crippen molar-refractivity contribution >= 4 is 46.0 Å². The number of likely N-dealkylation sites (tertiary alicyclic amines) is 1. The van der Waals surface area contributed by atoms with E-state index in [1.54, 1.807) is 12.1 Å². The summed E-state index contributed by atoms with van der Waals surface area (Å²) in [5.41, 5.74) is 0.714. The Morgan fingerprint density at radius 2 is 2.00 bits per heavy atom. The summed E-state index contributed by atoms with van der Waals surface area (Å²) in [5, 5.41) is 8.59. The van der Waals surface area contributed by atoms with Crippen molar-refractivity contribution in [3.63, 3.8) is 0 Å². The van der Waals surface area contributed by atoms with Gasteiger partial charge in [0.05, 0.1) is 0 Å². The highest BCUT2D eigenvalue weighted by Crippen LogP contribution is 2.16. The molecule has 8 heteroatoms. The van der Waals surface area contributed by atoms with Crippen molar-refractivity contribution in [3.8, 4) is 0 Å². The van der Waals surface area contributed by atoms with Gasteiger partial charge in [0.15, 0.2) is 0 Å². The fraction of sp³-hybridized carbons (Fsp3) is 0.500. The van der Waals surface area contributed by atoms with Crippen molar-refractivity contribution < 1.29 is 9.59 Å². The molecule has 3 N–H and O–H groups in total. The molecule has 1 aromatic carbocycles. The second-order valence-electron chi connectivity index (χ2n) is 5.69. The Kier molecular flexibility index (Phi) is 9.10. The molecule has 0 aliphatic carbocycles. The Morgan fingerprint density at radius 3 is 2.67 bits per heavy atom. The molecule has 1 fully saturated rings. The zero-order chi connectivity index (χ0) is 16.7. The van der Waals surface area contributed by atoms with E-state index in [4.69, 9.17) is 0 Å². The number of urea groups is 1. The highest BCUT2D eigenvalue weighted by Gasteiger charge is 2.25. The summed E-state index contributed by atoms with van der Waals surface area (Å²) >= 11 is 3.34. The maximum atomic E-state index is 12.1. The number of benzene rings is 1. The van der Waals surface area contributed by atoms with E-state index in [2.05, 4.69) is 31.9 Å². The van der Waals surface area contributed by atoms with Crippen LogP contribution < -0.4 is 16.0 Å². The first-order valence-corrected chi connectivity index (χ1v) is 8.60. The summed E-state index contributed by atoms with van der Waals surface area (Å²) in [4.78, 5) is 25.8. The number of halogens is 2. The summed E-state index contributed by atoms with van der Waals surface area (Å²) in [5.74, 6) is 0.644. The second kappa shape index (κ2) is 10.5. The van der Waals surface area contributed by atoms with Crippen molar-refractivity contribution in [1.29, 1.82) is 0 Å². The maximum Gasteiger partial charge on any atom is 0.319 e. The molecule has 1 heterocycles. The Balaban J connectivity index is 0.00000288. The standard InChI is InChI=1S/C16H23BrN4O2.ClH/c1-18-10-12-7-9-21(11-12)15(22)6-8-19-16(23)20-14-4-2-13(17)3-5-14;/h2-5,12,18H,6-11H2,1H3,(H2,19,20,23);1H. The molecule has 1 aromatic rings. The van der Waals surface area contributed by atoms with E-state index in [1.807, 2.05) is 24.1 Å². The molecule has 0 saturated carbocycles. The number of rotatable bonds is 6. The summed E-state index contributed by atoms with van der Waals surface area (Å²) in [6, 6.07) is 7.03. The number of carbonyl (C=O) groups is 2. The first-order valence-electron chi connectivity index (χ1n) is 7.81. The Labute approximate surface area is 157 Å². The van der Waals surface area contributed by atoms with Crippen LogP contribution in [0.15, 0.2) is 28.7 Å². The molecule has 1 saturated heterocycles. The SMILES string of the molecule is CNCC1CCN(C(=O)CCNC(=O)Nc2ccc(Br)cc2)C1.Cl. The van der Waals surface area contributed by atoms with Gasteiger partial charge in [0.1, 0.15) is 0 Å². The fourth-order valence-electron chi connectivity index (χ4n) is 2.66. The molecule has 1 aliphatic heterocycles. The predicted octanol–water partition coefficient (Wildman–Crippen LogP) is 2.45. The maximum absolute atomic E-state index is 12.1. The van der Waals surface area contributed by atoms with Crippen molar-refractivity contribution in [2.24, 2.45) is 5.92 Å². The van der Waals surface area contributed by atoms with Crippen LogP contribution in [0.4, 0.5) is 10.5 Å². The Bertz CT molecular complexity index is 541. The predicted molar refractivity (Wildman–Crippen MR) is 102 cm³/mol. The monoisotopic (exact) mass is 418 g/mol. The van der Waals surface area contributed by atoms with Crippen molar-refractivity contribution in [3.05, 3.63) is 28.7 Å². The lowest BCUT2D eigenvalue weighted by Gasteiger charge is -2.16. The largest absolute Gasteiger partial charge is 0.342 e. The van der Waals surface area contributed by atoms with Crippen molar-refractivity contribution in [2.45, 2.75) is 12.8 Å². The fourth-order valence-corrected chi connectivity index (χ4v) is 2.93. The summed E-state index contributed by atoms with van der Waals surface area (Å²) in [7, 11) is 1.93. The van der Waals surface area contributed by atoms with E-state index in [9.17, 15) is 9.59 Å². The smallest absolute Gasteiger partial charge is 0.319 e. The topological polar surface area (TPSA) is 73.5 Å². The average Bonchev–Trinajstić information content (AvgIpc) is 2.99. The van der Waals surface area contributed by atoms with Crippen LogP contribution in [0.3, 0.4) is 0 Å². The summed E-state index contributed by atoms with van der Waals surface area (Å²) in [6.45, 7) is 2.91. The van der Waals surface area contributed by atoms with E-state index in [0.29, 0.717) is 24.6 Å². The molecular formula is C16H24BrClN4O2. The van der Waals surface area contributed by atoms with Gasteiger partial charge in [-0.1, -0.05) is 15.9 Å². The number of carbonyl (C=O) groups excluding carboxylic acids is 2. The minimum atomic E-state index is -0.297. The molecular weight excluding hydrogens is 396 g/mol. The van der Waals surface area contributed by atoms with E-state index >= 15 is 0 Å². The molecule has 0 radical (unpaired) electrons. The highest BCUT2D eigenvalue weighted by molar-refractivity contribution is 9.10. The number of anilines is 1. The van der Waals surface area contributed by atoms with Gasteiger partial charge in [0.25, 0.3) is 0 Å². The van der Waals surface area contributed by atoms with Crippen LogP contribution >= 0.6 is 28.3 Å². The molecule has 1 aliphatic rings. The molecule has 0 spiro atoms. The number of amides is 3. The molecule has 24 heavy (non-hydrogen) atoms. The van der Waals surface area contributed by atoms with E-state index in [1.165, 1.54) is 0 Å². The van der Waals surface area contributed by atoms with Gasteiger partial charge in [-0.25, -0.2) is 4.79 Å². The molecule has 1 atom stereocenters. The number of nitrogens with one attached hydrogen (secondary N) is 3. The molecule has 134 valence electrons. The van der Waals surface area contributed by atoms with Crippen LogP contribution in [0.1, 0.15) is 12.8 Å². The van der Waals surface area contributed by atoms with Crippen molar-refractivity contribution in [2.75, 3.05) is 38.5 Å². The van der Waals surface area contributed by atoms with Gasteiger partial charge in [0, 0.05) is 36.2 Å². The Morgan fingerprint density at radius 1 is 1.29 bits per heavy atom. The van der Waals surface area contributed by atoms with Crippen LogP contribution in [0.5, 0.6) is 0 Å². The zero-order valence-corrected chi connectivity index (χ0v) is 16.1. The molecule has 3 amide bonds. The quantitative estimate of drug-likeness (QED) is 0.663. The second-order valence-corrected chi connectivity index (χ2v) is 6.61. The first kappa shape index (κ1) is 20.7. The van der Waals surface area contributed by atoms with Gasteiger partial charge in [-0.2, -0.15) is 0 Å². The highest BCUT2D eigenvalue weighted by atomic mass is 79.9. The normalized spacial score (nSPS) is 16.4. The average molecular weight is 420 g/mol. The van der Waals surface area contributed by atoms with E-state index < -0.39 is 0 Å². The van der Waals surface area contributed by atoms with E-state index in [0.717, 1.165) is 30.5 Å². The number of hydrogen-bond acceptors (Lipinski definition) is 3. The van der Waals surface area contributed by atoms with Gasteiger partial charge in [0.2, 0.25) is 5.91 Å². The van der Waals surface area contributed by atoms with Gasteiger partial charge in [-0.15, -0.1) is 12.4 Å². The summed E-state index contributed by atoms with van der Waals surface area (Å²) < 4.78 is 0.955. The molecule has 2 rings (SSSR count). The lowest BCUT2D eigenvalue weighted by Crippen LogP contribution is -2.35. The van der Waals surface area contributed by atoms with Crippen LogP contribution in [0, 0.1) is 5.92 Å². The lowest BCUT2D eigenvalue weighted by atomic mass is 10.1.